The SMILES string of the molecule is CCc1cccc(-c2ccc(Cl)cc2CNC)c1. The molecule has 0 radical (unpaired) electrons. The Morgan fingerprint density at radius 3 is 2.67 bits per heavy atom. The monoisotopic (exact) mass is 259 g/mol. The fourth-order valence-electron chi connectivity index (χ4n) is 2.14. The van der Waals surface area contributed by atoms with Crippen LogP contribution in [0.4, 0.5) is 0 Å². The summed E-state index contributed by atoms with van der Waals surface area (Å²) in [5.74, 6) is 0. The molecule has 0 aromatic heterocycles. The molecule has 0 bridgehead atoms. The van der Waals surface area contributed by atoms with Crippen molar-refractivity contribution in [2.45, 2.75) is 19.9 Å². The molecule has 2 heteroatoms. The second-order valence-corrected chi connectivity index (χ2v) is 4.82. The van der Waals surface area contributed by atoms with E-state index in [-0.39, 0.29) is 0 Å². The molecule has 0 aliphatic carbocycles. The summed E-state index contributed by atoms with van der Waals surface area (Å²) in [4.78, 5) is 0. The lowest BCUT2D eigenvalue weighted by atomic mass is 9.97. The van der Waals surface area contributed by atoms with E-state index in [1.807, 2.05) is 19.2 Å². The third-order valence-electron chi connectivity index (χ3n) is 3.08. The highest BCUT2D eigenvalue weighted by Crippen LogP contribution is 2.27. The minimum Gasteiger partial charge on any atom is -0.316 e. The van der Waals surface area contributed by atoms with Crippen LogP contribution in [0.25, 0.3) is 11.1 Å². The zero-order chi connectivity index (χ0) is 13.0. The lowest BCUT2D eigenvalue weighted by Gasteiger charge is -2.11. The van der Waals surface area contributed by atoms with Crippen molar-refractivity contribution in [3.8, 4) is 11.1 Å². The summed E-state index contributed by atoms with van der Waals surface area (Å²) in [5.41, 5.74) is 5.11. The van der Waals surface area contributed by atoms with Crippen LogP contribution in [0.5, 0.6) is 0 Å². The molecule has 0 heterocycles. The van der Waals surface area contributed by atoms with E-state index < -0.39 is 0 Å². The predicted octanol–water partition coefficient (Wildman–Crippen LogP) is 4.29. The van der Waals surface area contributed by atoms with E-state index in [4.69, 9.17) is 11.6 Å². The Morgan fingerprint density at radius 1 is 1.11 bits per heavy atom. The average Bonchev–Trinajstić information content (AvgIpc) is 2.39. The average molecular weight is 260 g/mol. The van der Waals surface area contributed by atoms with E-state index in [0.717, 1.165) is 18.0 Å². The van der Waals surface area contributed by atoms with E-state index in [0.29, 0.717) is 0 Å². The van der Waals surface area contributed by atoms with Gasteiger partial charge in [0.25, 0.3) is 0 Å². The third kappa shape index (κ3) is 2.92. The first-order valence-corrected chi connectivity index (χ1v) is 6.64. The first-order valence-electron chi connectivity index (χ1n) is 6.27. The van der Waals surface area contributed by atoms with Crippen LogP contribution in [0.2, 0.25) is 5.02 Å². The summed E-state index contributed by atoms with van der Waals surface area (Å²) >= 11 is 6.07. The number of hydrogen-bond acceptors (Lipinski definition) is 1. The van der Waals surface area contributed by atoms with Gasteiger partial charge in [0.05, 0.1) is 0 Å². The Bertz CT molecular complexity index is 534. The molecule has 0 aliphatic rings. The predicted molar refractivity (Wildman–Crippen MR) is 79.0 cm³/mol. The topological polar surface area (TPSA) is 12.0 Å². The molecule has 0 amide bonds. The van der Waals surface area contributed by atoms with E-state index in [1.54, 1.807) is 0 Å². The number of aryl methyl sites for hydroxylation is 1. The van der Waals surface area contributed by atoms with Gasteiger partial charge in [-0.15, -0.1) is 0 Å². The van der Waals surface area contributed by atoms with Gasteiger partial charge in [-0.3, -0.25) is 0 Å². The molecule has 0 saturated heterocycles. The molecule has 2 rings (SSSR count). The molecule has 2 aromatic carbocycles. The smallest absolute Gasteiger partial charge is 0.0409 e. The summed E-state index contributed by atoms with van der Waals surface area (Å²) in [7, 11) is 1.95. The van der Waals surface area contributed by atoms with Crippen molar-refractivity contribution in [2.24, 2.45) is 0 Å². The lowest BCUT2D eigenvalue weighted by Crippen LogP contribution is -2.06. The van der Waals surface area contributed by atoms with Gasteiger partial charge in [0, 0.05) is 11.6 Å². The standard InChI is InChI=1S/C16H18ClN/c1-3-12-5-4-6-13(9-12)16-8-7-15(17)10-14(16)11-18-2/h4-10,18H,3,11H2,1-2H3. The second kappa shape index (κ2) is 6.03. The van der Waals surface area contributed by atoms with Crippen LogP contribution >= 0.6 is 11.6 Å². The van der Waals surface area contributed by atoms with Crippen LogP contribution in [-0.2, 0) is 13.0 Å². The Kier molecular flexibility index (Phi) is 4.40. The summed E-state index contributed by atoms with van der Waals surface area (Å²) in [6, 6.07) is 14.8. The lowest BCUT2D eigenvalue weighted by molar-refractivity contribution is 0.819. The zero-order valence-electron chi connectivity index (χ0n) is 10.8. The molecule has 0 aliphatic heterocycles. The van der Waals surface area contributed by atoms with Gasteiger partial charge in [-0.25, -0.2) is 0 Å². The molecule has 0 saturated carbocycles. The van der Waals surface area contributed by atoms with Gasteiger partial charge in [-0.2, -0.15) is 0 Å². The first kappa shape index (κ1) is 13.1. The molecule has 0 atom stereocenters. The molecule has 1 N–H and O–H groups in total. The van der Waals surface area contributed by atoms with Crippen LogP contribution in [0.1, 0.15) is 18.1 Å². The fourth-order valence-corrected chi connectivity index (χ4v) is 2.33. The van der Waals surface area contributed by atoms with Gasteiger partial charge in [0.15, 0.2) is 0 Å². The molecule has 0 fully saturated rings. The summed E-state index contributed by atoms with van der Waals surface area (Å²) < 4.78 is 0. The summed E-state index contributed by atoms with van der Waals surface area (Å²) in [5, 5.41) is 3.98. The van der Waals surface area contributed by atoms with E-state index in [2.05, 4.69) is 42.6 Å². The molecular formula is C16H18ClN. The van der Waals surface area contributed by atoms with Crippen LogP contribution in [0.3, 0.4) is 0 Å². The summed E-state index contributed by atoms with van der Waals surface area (Å²) in [6.07, 6.45) is 1.06. The van der Waals surface area contributed by atoms with Gasteiger partial charge in [0.1, 0.15) is 0 Å². The van der Waals surface area contributed by atoms with Gasteiger partial charge < -0.3 is 5.32 Å². The molecule has 94 valence electrons. The van der Waals surface area contributed by atoms with Crippen molar-refractivity contribution in [3.63, 3.8) is 0 Å². The Hall–Kier alpha value is -1.31. The van der Waals surface area contributed by atoms with Crippen molar-refractivity contribution in [3.05, 3.63) is 58.6 Å². The van der Waals surface area contributed by atoms with Crippen LogP contribution in [0.15, 0.2) is 42.5 Å². The maximum Gasteiger partial charge on any atom is 0.0409 e. The van der Waals surface area contributed by atoms with Crippen molar-refractivity contribution in [1.29, 1.82) is 0 Å². The maximum absolute atomic E-state index is 6.07. The number of rotatable bonds is 4. The van der Waals surface area contributed by atoms with Gasteiger partial charge >= 0.3 is 0 Å². The minimum atomic E-state index is 0.788. The molecule has 18 heavy (non-hydrogen) atoms. The molecule has 1 nitrogen and oxygen atoms in total. The molecule has 2 aromatic rings. The number of hydrogen-bond donors (Lipinski definition) is 1. The molecule has 0 spiro atoms. The van der Waals surface area contributed by atoms with Crippen molar-refractivity contribution >= 4 is 11.6 Å². The zero-order valence-corrected chi connectivity index (χ0v) is 11.6. The van der Waals surface area contributed by atoms with Crippen molar-refractivity contribution < 1.29 is 0 Å². The maximum atomic E-state index is 6.07. The van der Waals surface area contributed by atoms with Crippen molar-refractivity contribution in [1.82, 2.24) is 5.32 Å². The Balaban J connectivity index is 2.48. The quantitative estimate of drug-likeness (QED) is 0.864. The summed E-state index contributed by atoms with van der Waals surface area (Å²) in [6.45, 7) is 3.00. The van der Waals surface area contributed by atoms with Gasteiger partial charge in [0.2, 0.25) is 0 Å². The van der Waals surface area contributed by atoms with Crippen molar-refractivity contribution in [2.75, 3.05) is 7.05 Å². The molecule has 0 unspecified atom stereocenters. The fraction of sp³-hybridized carbons (Fsp3) is 0.250. The number of nitrogens with one attached hydrogen (secondary N) is 1. The van der Waals surface area contributed by atoms with E-state index in [9.17, 15) is 0 Å². The highest BCUT2D eigenvalue weighted by molar-refractivity contribution is 6.30. The first-order chi connectivity index (χ1) is 8.74. The van der Waals surface area contributed by atoms with Crippen LogP contribution < -0.4 is 5.32 Å². The van der Waals surface area contributed by atoms with Gasteiger partial charge in [-0.05, 0) is 47.9 Å². The minimum absolute atomic E-state index is 0.788. The van der Waals surface area contributed by atoms with Crippen LogP contribution in [-0.4, -0.2) is 7.05 Å². The normalized spacial score (nSPS) is 10.6. The molecular weight excluding hydrogens is 242 g/mol. The highest BCUT2D eigenvalue weighted by Gasteiger charge is 2.06. The van der Waals surface area contributed by atoms with Crippen LogP contribution in [0, 0.1) is 0 Å². The Labute approximate surface area is 114 Å². The highest BCUT2D eigenvalue weighted by atomic mass is 35.5. The van der Waals surface area contributed by atoms with Gasteiger partial charge in [-0.1, -0.05) is 48.9 Å². The van der Waals surface area contributed by atoms with E-state index in [1.165, 1.54) is 22.3 Å². The Morgan fingerprint density at radius 2 is 1.94 bits per heavy atom. The number of benzene rings is 2. The second-order valence-electron chi connectivity index (χ2n) is 4.39. The third-order valence-corrected chi connectivity index (χ3v) is 3.32. The van der Waals surface area contributed by atoms with E-state index >= 15 is 0 Å². The largest absolute Gasteiger partial charge is 0.316 e. The number of halogens is 1.